The Morgan fingerprint density at radius 1 is 1.19 bits per heavy atom. The molecule has 0 radical (unpaired) electrons. The summed E-state index contributed by atoms with van der Waals surface area (Å²) in [5.41, 5.74) is 2.80. The second kappa shape index (κ2) is 5.95. The molecule has 4 aliphatic rings. The van der Waals surface area contributed by atoms with E-state index in [-0.39, 0.29) is 16.7 Å². The summed E-state index contributed by atoms with van der Waals surface area (Å²) in [5.74, 6) is 2.58. The first-order valence-electron chi connectivity index (χ1n) is 10.3. The van der Waals surface area contributed by atoms with Crippen LogP contribution in [-0.2, 0) is 23.8 Å². The van der Waals surface area contributed by atoms with Gasteiger partial charge in [-0.2, -0.15) is 0 Å². The summed E-state index contributed by atoms with van der Waals surface area (Å²) in [6.45, 7) is 2.67. The maximum absolute atomic E-state index is 13.4. The molecule has 4 heteroatoms. The fraction of sp³-hybridized carbons (Fsp3) is 0.565. The number of benzene rings is 1. The van der Waals surface area contributed by atoms with Crippen molar-refractivity contribution in [2.24, 2.45) is 24.3 Å². The van der Waals surface area contributed by atoms with E-state index in [4.69, 9.17) is 0 Å². The normalized spacial score (nSPS) is 34.0. The van der Waals surface area contributed by atoms with Gasteiger partial charge in [-0.1, -0.05) is 29.8 Å². The quantitative estimate of drug-likeness (QED) is 0.896. The van der Waals surface area contributed by atoms with E-state index in [1.165, 1.54) is 30.4 Å². The van der Waals surface area contributed by atoms with Crippen LogP contribution in [0.15, 0.2) is 36.7 Å². The second-order valence-corrected chi connectivity index (χ2v) is 9.52. The minimum absolute atomic E-state index is 0.180. The van der Waals surface area contributed by atoms with Gasteiger partial charge >= 0.3 is 0 Å². The molecule has 0 saturated heterocycles. The lowest BCUT2D eigenvalue weighted by molar-refractivity contribution is -0.149. The Balaban J connectivity index is 1.42. The zero-order valence-electron chi connectivity index (χ0n) is 16.4. The molecule has 0 spiro atoms. The molecular weight excluding hydrogens is 334 g/mol. The van der Waals surface area contributed by atoms with Crippen LogP contribution in [0.3, 0.4) is 0 Å². The molecular formula is C23H29N3O. The van der Waals surface area contributed by atoms with Gasteiger partial charge in [-0.25, -0.2) is 4.98 Å². The van der Waals surface area contributed by atoms with Crippen LogP contribution in [0.25, 0.3) is 0 Å². The largest absolute Gasteiger partial charge is 0.348 e. The van der Waals surface area contributed by atoms with Gasteiger partial charge in [0, 0.05) is 19.4 Å². The summed E-state index contributed by atoms with van der Waals surface area (Å²) >= 11 is 0. The SMILES string of the molecule is Cc1ccc(C23CC4CC(CC(C(=O)NCc5nccn5C)(C4)C2)C3)cc1. The molecule has 142 valence electrons. The van der Waals surface area contributed by atoms with Gasteiger partial charge in [-0.3, -0.25) is 4.79 Å². The van der Waals surface area contributed by atoms with Crippen molar-refractivity contribution in [1.82, 2.24) is 14.9 Å². The van der Waals surface area contributed by atoms with Crippen LogP contribution in [0.5, 0.6) is 0 Å². The molecule has 4 bridgehead atoms. The number of nitrogens with zero attached hydrogens (tertiary/aromatic N) is 2. The number of carbonyl (C=O) groups excluding carboxylic acids is 1. The van der Waals surface area contributed by atoms with E-state index in [9.17, 15) is 4.79 Å². The highest BCUT2D eigenvalue weighted by Gasteiger charge is 2.60. The van der Waals surface area contributed by atoms with E-state index in [1.807, 2.05) is 17.8 Å². The van der Waals surface area contributed by atoms with Crippen LogP contribution >= 0.6 is 0 Å². The summed E-state index contributed by atoms with van der Waals surface area (Å²) in [7, 11) is 1.98. The van der Waals surface area contributed by atoms with Gasteiger partial charge in [0.25, 0.3) is 0 Å². The number of carbonyl (C=O) groups is 1. The van der Waals surface area contributed by atoms with Crippen molar-refractivity contribution in [3.63, 3.8) is 0 Å². The number of hydrogen-bond acceptors (Lipinski definition) is 2. The molecule has 4 saturated carbocycles. The van der Waals surface area contributed by atoms with E-state index < -0.39 is 0 Å². The highest BCUT2D eigenvalue weighted by molar-refractivity contribution is 5.83. The summed E-state index contributed by atoms with van der Waals surface area (Å²) < 4.78 is 1.98. The van der Waals surface area contributed by atoms with Crippen molar-refractivity contribution in [3.05, 3.63) is 53.6 Å². The van der Waals surface area contributed by atoms with Gasteiger partial charge < -0.3 is 9.88 Å². The van der Waals surface area contributed by atoms with Crippen molar-refractivity contribution in [3.8, 4) is 0 Å². The molecule has 1 amide bonds. The number of hydrogen-bond donors (Lipinski definition) is 1. The predicted octanol–water partition coefficient (Wildman–Crippen LogP) is 3.88. The minimum atomic E-state index is -0.180. The summed E-state index contributed by atoms with van der Waals surface area (Å²) in [4.78, 5) is 17.7. The zero-order valence-corrected chi connectivity index (χ0v) is 16.4. The topological polar surface area (TPSA) is 46.9 Å². The Morgan fingerprint density at radius 3 is 2.52 bits per heavy atom. The van der Waals surface area contributed by atoms with Crippen molar-refractivity contribution < 1.29 is 4.79 Å². The second-order valence-electron chi connectivity index (χ2n) is 9.52. The molecule has 4 nitrogen and oxygen atoms in total. The Kier molecular flexibility index (Phi) is 3.75. The summed E-state index contributed by atoms with van der Waals surface area (Å²) in [6, 6.07) is 9.12. The van der Waals surface area contributed by atoms with Crippen molar-refractivity contribution in [2.75, 3.05) is 0 Å². The standard InChI is InChI=1S/C23H29N3O/c1-16-3-5-19(6-4-16)22-10-17-9-18(11-22)13-23(12-17,15-22)21(27)25-14-20-24-7-8-26(20)2/h3-8,17-18H,9-15H2,1-2H3,(H,25,27). The van der Waals surface area contributed by atoms with Gasteiger partial charge in [0.1, 0.15) is 5.82 Å². The lowest BCUT2D eigenvalue weighted by Crippen LogP contribution is -2.59. The fourth-order valence-corrected chi connectivity index (χ4v) is 6.69. The molecule has 6 rings (SSSR count). The van der Waals surface area contributed by atoms with Crippen LogP contribution < -0.4 is 5.32 Å². The van der Waals surface area contributed by atoms with E-state index in [2.05, 4.69) is 41.5 Å². The zero-order chi connectivity index (χ0) is 18.6. The number of imidazole rings is 1. The third-order valence-corrected chi connectivity index (χ3v) is 7.53. The number of nitrogens with one attached hydrogen (secondary N) is 1. The Morgan fingerprint density at radius 2 is 1.89 bits per heavy atom. The predicted molar refractivity (Wildman–Crippen MR) is 105 cm³/mol. The first-order chi connectivity index (χ1) is 13.0. The van der Waals surface area contributed by atoms with Crippen LogP contribution in [0.4, 0.5) is 0 Å². The lowest BCUT2D eigenvalue weighted by Gasteiger charge is -2.61. The third kappa shape index (κ3) is 2.72. The van der Waals surface area contributed by atoms with Crippen LogP contribution in [0, 0.1) is 24.2 Å². The molecule has 2 atom stereocenters. The first-order valence-corrected chi connectivity index (χ1v) is 10.3. The van der Waals surface area contributed by atoms with Crippen molar-refractivity contribution >= 4 is 5.91 Å². The van der Waals surface area contributed by atoms with Crippen LogP contribution in [0.1, 0.15) is 55.5 Å². The molecule has 27 heavy (non-hydrogen) atoms. The number of amides is 1. The fourth-order valence-electron chi connectivity index (χ4n) is 6.69. The average molecular weight is 364 g/mol. The number of aryl methyl sites for hydroxylation is 2. The van der Waals surface area contributed by atoms with Gasteiger partial charge in [0.05, 0.1) is 12.0 Å². The molecule has 1 heterocycles. The van der Waals surface area contributed by atoms with Crippen LogP contribution in [0.2, 0.25) is 0 Å². The van der Waals surface area contributed by atoms with E-state index >= 15 is 0 Å². The lowest BCUT2D eigenvalue weighted by atomic mass is 9.42. The highest BCUT2D eigenvalue weighted by Crippen LogP contribution is 2.65. The molecule has 4 aliphatic carbocycles. The van der Waals surface area contributed by atoms with Crippen molar-refractivity contribution in [1.29, 1.82) is 0 Å². The monoisotopic (exact) mass is 363 g/mol. The van der Waals surface area contributed by atoms with Gasteiger partial charge in [0.2, 0.25) is 5.91 Å². The van der Waals surface area contributed by atoms with Gasteiger partial charge in [-0.15, -0.1) is 0 Å². The summed E-state index contributed by atoms with van der Waals surface area (Å²) in [6.07, 6.45) is 10.7. The molecule has 4 fully saturated rings. The maximum atomic E-state index is 13.4. The smallest absolute Gasteiger partial charge is 0.226 e. The molecule has 0 aliphatic heterocycles. The third-order valence-electron chi connectivity index (χ3n) is 7.53. The molecule has 1 N–H and O–H groups in total. The van der Waals surface area contributed by atoms with Crippen molar-refractivity contribution in [2.45, 2.75) is 57.4 Å². The van der Waals surface area contributed by atoms with E-state index in [0.717, 1.165) is 25.1 Å². The first kappa shape index (κ1) is 17.0. The number of rotatable bonds is 4. The molecule has 2 aromatic rings. The van der Waals surface area contributed by atoms with E-state index in [1.54, 1.807) is 6.20 Å². The molecule has 1 aromatic heterocycles. The highest BCUT2D eigenvalue weighted by atomic mass is 16.2. The summed E-state index contributed by atoms with van der Waals surface area (Å²) in [5, 5.41) is 3.24. The maximum Gasteiger partial charge on any atom is 0.226 e. The van der Waals surface area contributed by atoms with Gasteiger partial charge in [0.15, 0.2) is 0 Å². The Bertz CT molecular complexity index is 852. The molecule has 1 aromatic carbocycles. The Labute approximate surface area is 161 Å². The van der Waals surface area contributed by atoms with Crippen LogP contribution in [-0.4, -0.2) is 15.5 Å². The average Bonchev–Trinajstić information content (AvgIpc) is 3.04. The minimum Gasteiger partial charge on any atom is -0.348 e. The van der Waals surface area contributed by atoms with Gasteiger partial charge in [-0.05, 0) is 68.3 Å². The van der Waals surface area contributed by atoms with E-state index in [0.29, 0.717) is 18.4 Å². The Hall–Kier alpha value is -2.10. The number of aromatic nitrogens is 2. The molecule has 2 unspecified atom stereocenters.